The Morgan fingerprint density at radius 3 is 1.75 bits per heavy atom. The Morgan fingerprint density at radius 1 is 0.850 bits per heavy atom. The molecule has 2 nitrogen and oxygen atoms in total. The van der Waals surface area contributed by atoms with Gasteiger partial charge in [0.2, 0.25) is 0 Å². The predicted molar refractivity (Wildman–Crippen MR) is 83.1 cm³/mol. The van der Waals surface area contributed by atoms with Crippen LogP contribution < -0.4 is 0 Å². The summed E-state index contributed by atoms with van der Waals surface area (Å²) < 4.78 is 12.7. The average Bonchev–Trinajstić information content (AvgIpc) is 2.25. The molecule has 1 aliphatic heterocycles. The van der Waals surface area contributed by atoms with E-state index in [4.69, 9.17) is 9.47 Å². The molecule has 1 aromatic rings. The molecule has 1 fully saturated rings. The van der Waals surface area contributed by atoms with E-state index in [0.717, 1.165) is 6.42 Å². The van der Waals surface area contributed by atoms with Crippen LogP contribution in [-0.4, -0.2) is 23.4 Å². The Hall–Kier alpha value is -0.860. The maximum absolute atomic E-state index is 6.37. The molecule has 0 bridgehead atoms. The van der Waals surface area contributed by atoms with E-state index in [0.29, 0.717) is 0 Å². The molecular weight excluding hydrogens is 248 g/mol. The highest BCUT2D eigenvalue weighted by Crippen LogP contribution is 2.44. The molecule has 0 saturated carbocycles. The fraction of sp³-hybridized carbons (Fsp3) is 0.667. The molecule has 0 N–H and O–H groups in total. The van der Waals surface area contributed by atoms with E-state index in [2.05, 4.69) is 71.9 Å². The van der Waals surface area contributed by atoms with Crippen LogP contribution in [0.3, 0.4) is 0 Å². The highest BCUT2D eigenvalue weighted by atomic mass is 16.5. The van der Waals surface area contributed by atoms with Crippen molar-refractivity contribution in [3.63, 3.8) is 0 Å². The van der Waals surface area contributed by atoms with Crippen molar-refractivity contribution < 1.29 is 9.47 Å². The molecule has 112 valence electrons. The van der Waals surface area contributed by atoms with Gasteiger partial charge in [0.05, 0.1) is 23.4 Å². The van der Waals surface area contributed by atoms with Crippen LogP contribution in [0.25, 0.3) is 0 Å². The third-order valence-electron chi connectivity index (χ3n) is 4.20. The van der Waals surface area contributed by atoms with Crippen LogP contribution in [0.2, 0.25) is 0 Å². The molecule has 0 radical (unpaired) electrons. The Balaban J connectivity index is 2.45. The number of hydrogen-bond donors (Lipinski definition) is 0. The first-order valence-electron chi connectivity index (χ1n) is 7.63. The van der Waals surface area contributed by atoms with Gasteiger partial charge in [0.25, 0.3) is 0 Å². The lowest BCUT2D eigenvalue weighted by Crippen LogP contribution is -2.51. The second kappa shape index (κ2) is 5.50. The first-order valence-corrected chi connectivity index (χ1v) is 7.63. The van der Waals surface area contributed by atoms with Crippen molar-refractivity contribution >= 4 is 0 Å². The SMILES string of the molecule is C[C@@H]1C[C@H](C)OC(C)(C)C(c2ccccc2)C(C)(C)O1. The summed E-state index contributed by atoms with van der Waals surface area (Å²) in [5.41, 5.74) is 0.762. The van der Waals surface area contributed by atoms with Gasteiger partial charge in [-0.05, 0) is 53.5 Å². The van der Waals surface area contributed by atoms with Crippen molar-refractivity contribution in [2.45, 2.75) is 77.3 Å². The average molecular weight is 276 g/mol. The minimum atomic E-state index is -0.260. The number of hydrogen-bond acceptors (Lipinski definition) is 2. The summed E-state index contributed by atoms with van der Waals surface area (Å²) in [6, 6.07) is 10.6. The van der Waals surface area contributed by atoms with Gasteiger partial charge in [-0.25, -0.2) is 0 Å². The number of ether oxygens (including phenoxy) is 2. The van der Waals surface area contributed by atoms with Gasteiger partial charge in [-0.15, -0.1) is 0 Å². The highest BCUT2D eigenvalue weighted by molar-refractivity contribution is 5.26. The summed E-state index contributed by atoms with van der Waals surface area (Å²) in [5.74, 6) is 0.196. The molecule has 3 atom stereocenters. The van der Waals surface area contributed by atoms with Crippen LogP contribution >= 0.6 is 0 Å². The van der Waals surface area contributed by atoms with E-state index >= 15 is 0 Å². The number of rotatable bonds is 1. The van der Waals surface area contributed by atoms with Crippen molar-refractivity contribution in [3.05, 3.63) is 35.9 Å². The largest absolute Gasteiger partial charge is 0.372 e. The third-order valence-corrected chi connectivity index (χ3v) is 4.20. The van der Waals surface area contributed by atoms with Gasteiger partial charge >= 0.3 is 0 Å². The Bertz CT molecular complexity index is 414. The van der Waals surface area contributed by atoms with Gasteiger partial charge in [0.1, 0.15) is 0 Å². The standard InChI is InChI=1S/C18H28O2/c1-13-12-14(2)20-18(5,6)16(17(3,4)19-13)15-10-8-7-9-11-15/h7-11,13-14,16H,12H2,1-6H3/t13-,14+,16?. The molecular formula is C18H28O2. The van der Waals surface area contributed by atoms with E-state index in [1.54, 1.807) is 0 Å². The van der Waals surface area contributed by atoms with E-state index in [1.807, 2.05) is 0 Å². The molecule has 20 heavy (non-hydrogen) atoms. The minimum Gasteiger partial charge on any atom is -0.372 e. The molecule has 1 heterocycles. The van der Waals surface area contributed by atoms with Gasteiger partial charge in [-0.2, -0.15) is 0 Å². The quantitative estimate of drug-likeness (QED) is 0.749. The molecule has 1 aliphatic rings. The van der Waals surface area contributed by atoms with Crippen molar-refractivity contribution in [3.8, 4) is 0 Å². The first kappa shape index (κ1) is 15.5. The zero-order chi connectivity index (χ0) is 15.0. The molecule has 2 rings (SSSR count). The number of benzene rings is 1. The summed E-state index contributed by atoms with van der Waals surface area (Å²) in [7, 11) is 0. The smallest absolute Gasteiger partial charge is 0.0725 e. The lowest BCUT2D eigenvalue weighted by atomic mass is 9.73. The highest BCUT2D eigenvalue weighted by Gasteiger charge is 2.46. The summed E-state index contributed by atoms with van der Waals surface area (Å²) >= 11 is 0. The Labute approximate surface area is 123 Å². The zero-order valence-corrected chi connectivity index (χ0v) is 13.6. The minimum absolute atomic E-state index is 0.196. The normalized spacial score (nSPS) is 33.2. The van der Waals surface area contributed by atoms with E-state index < -0.39 is 0 Å². The topological polar surface area (TPSA) is 18.5 Å². The lowest BCUT2D eigenvalue weighted by Gasteiger charge is -2.49. The molecule has 1 saturated heterocycles. The van der Waals surface area contributed by atoms with Gasteiger partial charge in [-0.3, -0.25) is 0 Å². The van der Waals surface area contributed by atoms with Crippen molar-refractivity contribution in [1.82, 2.24) is 0 Å². The summed E-state index contributed by atoms with van der Waals surface area (Å²) in [5, 5.41) is 0. The molecule has 0 aliphatic carbocycles. The fourth-order valence-corrected chi connectivity index (χ4v) is 4.02. The molecule has 0 aromatic heterocycles. The van der Waals surface area contributed by atoms with Crippen molar-refractivity contribution in [1.29, 1.82) is 0 Å². The lowest BCUT2D eigenvalue weighted by molar-refractivity contribution is -0.192. The van der Waals surface area contributed by atoms with Crippen LogP contribution in [-0.2, 0) is 9.47 Å². The summed E-state index contributed by atoms with van der Waals surface area (Å²) in [6.07, 6.45) is 1.36. The van der Waals surface area contributed by atoms with Gasteiger partial charge in [0, 0.05) is 5.92 Å². The van der Waals surface area contributed by atoms with Crippen molar-refractivity contribution in [2.75, 3.05) is 0 Å². The van der Waals surface area contributed by atoms with Crippen LogP contribution in [0.5, 0.6) is 0 Å². The Kier molecular flexibility index (Phi) is 4.27. The maximum Gasteiger partial charge on any atom is 0.0725 e. The van der Waals surface area contributed by atoms with Gasteiger partial charge < -0.3 is 9.47 Å². The van der Waals surface area contributed by atoms with Crippen LogP contribution in [0, 0.1) is 0 Å². The van der Waals surface area contributed by atoms with E-state index in [-0.39, 0.29) is 29.3 Å². The van der Waals surface area contributed by atoms with Gasteiger partial charge in [0.15, 0.2) is 0 Å². The van der Waals surface area contributed by atoms with Crippen molar-refractivity contribution in [2.24, 2.45) is 0 Å². The van der Waals surface area contributed by atoms with E-state index in [1.165, 1.54) is 5.56 Å². The molecule has 2 heteroatoms. The summed E-state index contributed by atoms with van der Waals surface area (Å²) in [4.78, 5) is 0. The van der Waals surface area contributed by atoms with Crippen LogP contribution in [0.15, 0.2) is 30.3 Å². The molecule has 1 aromatic carbocycles. The van der Waals surface area contributed by atoms with E-state index in [9.17, 15) is 0 Å². The first-order chi connectivity index (χ1) is 9.22. The second-order valence-corrected chi connectivity index (χ2v) is 7.14. The fourth-order valence-electron chi connectivity index (χ4n) is 4.02. The second-order valence-electron chi connectivity index (χ2n) is 7.14. The van der Waals surface area contributed by atoms with Crippen LogP contribution in [0.4, 0.5) is 0 Å². The van der Waals surface area contributed by atoms with Gasteiger partial charge in [-0.1, -0.05) is 30.3 Å². The third kappa shape index (κ3) is 3.24. The molecule has 1 unspecified atom stereocenters. The zero-order valence-electron chi connectivity index (χ0n) is 13.6. The molecule has 0 amide bonds. The maximum atomic E-state index is 6.37. The predicted octanol–water partition coefficient (Wildman–Crippen LogP) is 4.54. The monoisotopic (exact) mass is 276 g/mol. The summed E-state index contributed by atoms with van der Waals surface area (Å²) in [6.45, 7) is 13.0. The Morgan fingerprint density at radius 2 is 1.30 bits per heavy atom. The molecule has 0 spiro atoms. The van der Waals surface area contributed by atoms with Crippen LogP contribution in [0.1, 0.15) is 59.4 Å².